The van der Waals surface area contributed by atoms with E-state index in [2.05, 4.69) is 15.3 Å². The molecule has 0 aliphatic heterocycles. The molecular formula is C17H10N4O5S. The number of hydrogen-bond donors (Lipinski definition) is 2. The van der Waals surface area contributed by atoms with Crippen LogP contribution in [0.25, 0.3) is 22.4 Å². The molecule has 1 amide bonds. The molecular weight excluding hydrogens is 372 g/mol. The molecule has 0 atom stereocenters. The van der Waals surface area contributed by atoms with Gasteiger partial charge in [0.1, 0.15) is 5.69 Å². The van der Waals surface area contributed by atoms with Crippen LogP contribution in [0.4, 0.5) is 10.8 Å². The number of nitrogens with zero attached hydrogens (tertiary/aromatic N) is 2. The van der Waals surface area contributed by atoms with E-state index in [0.29, 0.717) is 22.1 Å². The highest BCUT2D eigenvalue weighted by Gasteiger charge is 2.17. The minimum Gasteiger partial charge on any atom is -0.463 e. The van der Waals surface area contributed by atoms with Crippen molar-refractivity contribution in [2.24, 2.45) is 0 Å². The van der Waals surface area contributed by atoms with Crippen molar-refractivity contribution in [2.75, 3.05) is 5.32 Å². The predicted molar refractivity (Wildman–Crippen MR) is 99.0 cm³/mol. The molecule has 0 radical (unpaired) electrons. The van der Waals surface area contributed by atoms with E-state index in [0.717, 1.165) is 6.07 Å². The maximum Gasteiger partial charge on any atom is 0.270 e. The van der Waals surface area contributed by atoms with E-state index >= 15 is 0 Å². The standard InChI is InChI=1S/C17H10N4O5S/c22-15-7-11(10-6-9(21(24)25)3-4-12(10)18-15)16(23)20-17-19-13(8-27-17)14-2-1-5-26-14/h1-8H,(H,18,22)(H,19,20,23). The van der Waals surface area contributed by atoms with E-state index in [4.69, 9.17) is 4.42 Å². The molecule has 9 nitrogen and oxygen atoms in total. The number of carbonyl (C=O) groups excluding carboxylic acids is 1. The van der Waals surface area contributed by atoms with Crippen LogP contribution in [0.1, 0.15) is 10.4 Å². The van der Waals surface area contributed by atoms with Gasteiger partial charge in [-0.3, -0.25) is 25.0 Å². The number of rotatable bonds is 4. The number of thiazole rings is 1. The van der Waals surface area contributed by atoms with Gasteiger partial charge in [-0.25, -0.2) is 4.98 Å². The van der Waals surface area contributed by atoms with Crippen LogP contribution >= 0.6 is 11.3 Å². The van der Waals surface area contributed by atoms with Crippen molar-refractivity contribution in [1.29, 1.82) is 0 Å². The number of furan rings is 1. The Bertz CT molecular complexity index is 1230. The quantitative estimate of drug-likeness (QED) is 0.411. The lowest BCUT2D eigenvalue weighted by molar-refractivity contribution is -0.384. The van der Waals surface area contributed by atoms with Crippen LogP contribution in [0.15, 0.2) is 57.3 Å². The summed E-state index contributed by atoms with van der Waals surface area (Å²) in [4.78, 5) is 41.8. The first-order valence-corrected chi connectivity index (χ1v) is 8.51. The minimum atomic E-state index is -0.591. The van der Waals surface area contributed by atoms with Crippen molar-refractivity contribution in [3.8, 4) is 11.5 Å². The second-order valence-electron chi connectivity index (χ2n) is 5.50. The molecule has 0 saturated heterocycles. The number of non-ortho nitro benzene ring substituents is 1. The highest BCUT2D eigenvalue weighted by molar-refractivity contribution is 7.14. The zero-order chi connectivity index (χ0) is 19.0. The van der Waals surface area contributed by atoms with Gasteiger partial charge in [0.25, 0.3) is 11.6 Å². The van der Waals surface area contributed by atoms with Crippen molar-refractivity contribution in [1.82, 2.24) is 9.97 Å². The third-order valence-electron chi connectivity index (χ3n) is 3.78. The Morgan fingerprint density at radius 2 is 2.15 bits per heavy atom. The monoisotopic (exact) mass is 382 g/mol. The summed E-state index contributed by atoms with van der Waals surface area (Å²) in [6.45, 7) is 0. The van der Waals surface area contributed by atoms with E-state index in [9.17, 15) is 19.7 Å². The smallest absolute Gasteiger partial charge is 0.270 e. The van der Waals surface area contributed by atoms with Gasteiger partial charge in [-0.05, 0) is 18.2 Å². The van der Waals surface area contributed by atoms with E-state index < -0.39 is 16.4 Å². The first-order valence-electron chi connectivity index (χ1n) is 7.63. The van der Waals surface area contributed by atoms with Gasteiger partial charge in [0.15, 0.2) is 10.9 Å². The molecule has 1 aromatic carbocycles. The number of nitrogens with one attached hydrogen (secondary N) is 2. The van der Waals surface area contributed by atoms with Crippen molar-refractivity contribution in [3.05, 3.63) is 74.1 Å². The molecule has 27 heavy (non-hydrogen) atoms. The van der Waals surface area contributed by atoms with Gasteiger partial charge in [0.2, 0.25) is 5.56 Å². The average molecular weight is 382 g/mol. The Balaban J connectivity index is 1.71. The molecule has 10 heteroatoms. The fraction of sp³-hybridized carbons (Fsp3) is 0. The molecule has 2 N–H and O–H groups in total. The van der Waals surface area contributed by atoms with Gasteiger partial charge < -0.3 is 9.40 Å². The van der Waals surface area contributed by atoms with Crippen LogP contribution in [0.2, 0.25) is 0 Å². The summed E-state index contributed by atoms with van der Waals surface area (Å²) in [5.74, 6) is -0.0316. The first kappa shape index (κ1) is 16.7. The van der Waals surface area contributed by atoms with E-state index in [1.165, 1.54) is 35.8 Å². The lowest BCUT2D eigenvalue weighted by Gasteiger charge is -2.06. The van der Waals surface area contributed by atoms with Crippen molar-refractivity contribution in [3.63, 3.8) is 0 Å². The van der Waals surface area contributed by atoms with Crippen LogP contribution in [-0.4, -0.2) is 20.8 Å². The summed E-state index contributed by atoms with van der Waals surface area (Å²) in [5, 5.41) is 15.9. The van der Waals surface area contributed by atoms with Gasteiger partial charge in [0, 0.05) is 34.5 Å². The Hall–Kier alpha value is -3.79. The Morgan fingerprint density at radius 1 is 1.30 bits per heavy atom. The topological polar surface area (TPSA) is 131 Å². The maximum atomic E-state index is 12.7. The summed E-state index contributed by atoms with van der Waals surface area (Å²) >= 11 is 1.19. The predicted octanol–water partition coefficient (Wildman–Crippen LogP) is 3.41. The van der Waals surface area contributed by atoms with E-state index in [-0.39, 0.29) is 16.6 Å². The minimum absolute atomic E-state index is 0.0206. The molecule has 0 unspecified atom stereocenters. The molecule has 134 valence electrons. The maximum absolute atomic E-state index is 12.7. The summed E-state index contributed by atoms with van der Waals surface area (Å²) in [6.07, 6.45) is 1.52. The molecule has 4 aromatic rings. The highest BCUT2D eigenvalue weighted by atomic mass is 32.1. The largest absolute Gasteiger partial charge is 0.463 e. The van der Waals surface area contributed by atoms with E-state index in [1.807, 2.05) is 0 Å². The zero-order valence-corrected chi connectivity index (χ0v) is 14.3. The summed E-state index contributed by atoms with van der Waals surface area (Å²) < 4.78 is 5.25. The molecule has 0 aliphatic carbocycles. The molecule has 0 spiro atoms. The number of H-pyrrole nitrogens is 1. The molecule has 3 aromatic heterocycles. The molecule has 0 bridgehead atoms. The lowest BCUT2D eigenvalue weighted by Crippen LogP contribution is -2.16. The molecule has 0 aliphatic rings. The fourth-order valence-electron chi connectivity index (χ4n) is 2.58. The second kappa shape index (κ2) is 6.50. The van der Waals surface area contributed by atoms with Crippen LogP contribution < -0.4 is 10.9 Å². The molecule has 0 saturated carbocycles. The number of benzene rings is 1. The van der Waals surface area contributed by atoms with Gasteiger partial charge in [-0.1, -0.05) is 0 Å². The first-order chi connectivity index (χ1) is 13.0. The number of aromatic nitrogens is 2. The Morgan fingerprint density at radius 3 is 2.89 bits per heavy atom. The summed E-state index contributed by atoms with van der Waals surface area (Å²) in [5.41, 5.74) is 0.238. The fourth-order valence-corrected chi connectivity index (χ4v) is 3.27. The van der Waals surface area contributed by atoms with E-state index in [1.54, 1.807) is 17.5 Å². The number of pyridine rings is 1. The van der Waals surface area contributed by atoms with Gasteiger partial charge >= 0.3 is 0 Å². The summed E-state index contributed by atoms with van der Waals surface area (Å²) in [7, 11) is 0. The van der Waals surface area contributed by atoms with Crippen LogP contribution in [0.3, 0.4) is 0 Å². The Labute approximate surface area is 154 Å². The SMILES string of the molecule is O=C(Nc1nc(-c2ccco2)cs1)c1cc(=O)[nH]c2ccc([N+](=O)[O-])cc12. The van der Waals surface area contributed by atoms with Crippen molar-refractivity contribution >= 4 is 39.0 Å². The Kier molecular flexibility index (Phi) is 4.01. The number of nitro benzene ring substituents is 1. The van der Waals surface area contributed by atoms with Gasteiger partial charge in [0.05, 0.1) is 16.7 Å². The van der Waals surface area contributed by atoms with Crippen molar-refractivity contribution in [2.45, 2.75) is 0 Å². The van der Waals surface area contributed by atoms with Gasteiger partial charge in [-0.2, -0.15) is 0 Å². The molecule has 0 fully saturated rings. The number of aromatic amines is 1. The second-order valence-corrected chi connectivity index (χ2v) is 6.36. The summed E-state index contributed by atoms with van der Waals surface area (Å²) in [6, 6.07) is 8.46. The highest BCUT2D eigenvalue weighted by Crippen LogP contribution is 2.26. The number of anilines is 1. The van der Waals surface area contributed by atoms with Crippen LogP contribution in [0, 0.1) is 10.1 Å². The van der Waals surface area contributed by atoms with Crippen LogP contribution in [-0.2, 0) is 0 Å². The molecule has 3 heterocycles. The van der Waals surface area contributed by atoms with Gasteiger partial charge in [-0.15, -0.1) is 11.3 Å². The lowest BCUT2D eigenvalue weighted by atomic mass is 10.1. The normalized spacial score (nSPS) is 10.8. The van der Waals surface area contributed by atoms with Crippen LogP contribution in [0.5, 0.6) is 0 Å². The number of nitro groups is 1. The molecule has 4 rings (SSSR count). The zero-order valence-electron chi connectivity index (χ0n) is 13.5. The number of hydrogen-bond acceptors (Lipinski definition) is 7. The third kappa shape index (κ3) is 3.20. The third-order valence-corrected chi connectivity index (χ3v) is 4.54. The number of carbonyl (C=O) groups is 1. The van der Waals surface area contributed by atoms with Crippen molar-refractivity contribution < 1.29 is 14.1 Å². The number of amides is 1. The number of fused-ring (bicyclic) bond motifs is 1. The average Bonchev–Trinajstić information content (AvgIpc) is 3.31.